The monoisotopic (exact) mass is 499 g/mol. The minimum absolute atomic E-state index is 0.0592. The highest BCUT2D eigenvalue weighted by molar-refractivity contribution is 7.92. The third-order valence-electron chi connectivity index (χ3n) is 5.33. The van der Waals surface area contributed by atoms with Gasteiger partial charge in [0.25, 0.3) is 0 Å². The molecule has 32 heavy (non-hydrogen) atoms. The molecule has 1 atom stereocenters. The number of nitrogens with zero attached hydrogens (tertiary/aromatic N) is 2. The molecule has 0 aliphatic rings. The van der Waals surface area contributed by atoms with Crippen LogP contribution in [0.15, 0.2) is 36.4 Å². The zero-order valence-corrected chi connectivity index (χ0v) is 21.0. The van der Waals surface area contributed by atoms with E-state index in [1.165, 1.54) is 11.9 Å². The summed E-state index contributed by atoms with van der Waals surface area (Å²) in [4.78, 5) is 27.1. The zero-order valence-electron chi connectivity index (χ0n) is 18.6. The normalized spacial score (nSPS) is 12.2. The predicted octanol–water partition coefficient (Wildman–Crippen LogP) is 3.54. The van der Waals surface area contributed by atoms with E-state index >= 15 is 0 Å². The van der Waals surface area contributed by atoms with Crippen molar-refractivity contribution in [2.75, 3.05) is 24.2 Å². The fraction of sp³-hybridized carbons (Fsp3) is 0.364. The number of rotatable bonds is 8. The van der Waals surface area contributed by atoms with Crippen LogP contribution in [0, 0.1) is 13.8 Å². The van der Waals surface area contributed by atoms with E-state index in [2.05, 4.69) is 5.32 Å². The van der Waals surface area contributed by atoms with Crippen molar-refractivity contribution in [1.82, 2.24) is 10.2 Å². The molecule has 0 aliphatic heterocycles. The number of halogens is 2. The molecule has 0 fully saturated rings. The third-order valence-corrected chi connectivity index (χ3v) is 7.16. The van der Waals surface area contributed by atoms with Crippen molar-refractivity contribution in [2.45, 2.75) is 33.4 Å². The minimum atomic E-state index is -3.79. The largest absolute Gasteiger partial charge is 0.357 e. The van der Waals surface area contributed by atoms with Crippen molar-refractivity contribution in [3.05, 3.63) is 63.1 Å². The van der Waals surface area contributed by atoms with Gasteiger partial charge in [0.1, 0.15) is 12.6 Å². The fourth-order valence-electron chi connectivity index (χ4n) is 3.25. The summed E-state index contributed by atoms with van der Waals surface area (Å²) in [6, 6.07) is 9.29. The van der Waals surface area contributed by atoms with Crippen LogP contribution in [-0.2, 0) is 26.2 Å². The van der Waals surface area contributed by atoms with Crippen LogP contribution in [0.3, 0.4) is 0 Å². The van der Waals surface area contributed by atoms with Gasteiger partial charge in [0.05, 0.1) is 11.9 Å². The average Bonchev–Trinajstić information content (AvgIpc) is 2.72. The number of hydrogen-bond acceptors (Lipinski definition) is 4. The lowest BCUT2D eigenvalue weighted by Gasteiger charge is -2.32. The molecule has 10 heteroatoms. The number of nitrogens with one attached hydrogen (secondary N) is 1. The first-order valence-electron chi connectivity index (χ1n) is 9.86. The lowest BCUT2D eigenvalue weighted by Crippen LogP contribution is -2.50. The highest BCUT2D eigenvalue weighted by Crippen LogP contribution is 2.28. The molecule has 0 spiro atoms. The summed E-state index contributed by atoms with van der Waals surface area (Å²) in [5.74, 6) is -0.970. The van der Waals surface area contributed by atoms with Crippen molar-refractivity contribution in [1.29, 1.82) is 0 Å². The molecule has 0 unspecified atom stereocenters. The van der Waals surface area contributed by atoms with E-state index in [0.717, 1.165) is 21.7 Å². The highest BCUT2D eigenvalue weighted by atomic mass is 35.5. The molecule has 2 aromatic rings. The summed E-state index contributed by atoms with van der Waals surface area (Å²) in [5.41, 5.74) is 2.51. The first-order valence-corrected chi connectivity index (χ1v) is 12.5. The maximum Gasteiger partial charge on any atom is 0.244 e. The van der Waals surface area contributed by atoms with Crippen LogP contribution >= 0.6 is 23.2 Å². The highest BCUT2D eigenvalue weighted by Gasteiger charge is 2.31. The second-order valence-corrected chi connectivity index (χ2v) is 10.2. The first kappa shape index (κ1) is 26.0. The predicted molar refractivity (Wildman–Crippen MR) is 129 cm³/mol. The Morgan fingerprint density at radius 2 is 1.62 bits per heavy atom. The molecule has 0 saturated heterocycles. The Labute approximate surface area is 199 Å². The van der Waals surface area contributed by atoms with E-state index in [1.54, 1.807) is 44.2 Å². The second kappa shape index (κ2) is 10.6. The Morgan fingerprint density at radius 1 is 1.06 bits per heavy atom. The van der Waals surface area contributed by atoms with Gasteiger partial charge in [-0.05, 0) is 50.1 Å². The lowest BCUT2D eigenvalue weighted by molar-refractivity contribution is -0.139. The van der Waals surface area contributed by atoms with Crippen molar-refractivity contribution in [2.24, 2.45) is 0 Å². The van der Waals surface area contributed by atoms with Gasteiger partial charge < -0.3 is 10.2 Å². The molecule has 2 aromatic carbocycles. The molecule has 7 nitrogen and oxygen atoms in total. The molecular weight excluding hydrogens is 473 g/mol. The zero-order chi connectivity index (χ0) is 24.2. The van der Waals surface area contributed by atoms with Gasteiger partial charge in [0.15, 0.2) is 0 Å². The lowest BCUT2D eigenvalue weighted by atomic mass is 10.1. The first-order chi connectivity index (χ1) is 14.9. The average molecular weight is 500 g/mol. The van der Waals surface area contributed by atoms with Gasteiger partial charge in [-0.3, -0.25) is 13.9 Å². The van der Waals surface area contributed by atoms with Crippen molar-refractivity contribution in [3.63, 3.8) is 0 Å². The Balaban J connectivity index is 2.49. The Morgan fingerprint density at radius 3 is 2.16 bits per heavy atom. The summed E-state index contributed by atoms with van der Waals surface area (Å²) < 4.78 is 26.3. The summed E-state index contributed by atoms with van der Waals surface area (Å²) in [5, 5.41) is 3.20. The van der Waals surface area contributed by atoms with Crippen LogP contribution in [0.5, 0.6) is 0 Å². The number of carbonyl (C=O) groups is 2. The molecule has 174 valence electrons. The fourth-order valence-corrected chi connectivity index (χ4v) is 4.66. The molecule has 2 amide bonds. The second-order valence-electron chi connectivity index (χ2n) is 7.50. The number of amides is 2. The Bertz CT molecular complexity index is 1100. The number of carbonyl (C=O) groups excluding carboxylic acids is 2. The van der Waals surface area contributed by atoms with Crippen LogP contribution in [0.1, 0.15) is 23.6 Å². The third kappa shape index (κ3) is 5.94. The van der Waals surface area contributed by atoms with Gasteiger partial charge >= 0.3 is 0 Å². The number of sulfonamides is 1. The number of likely N-dealkylation sites (N-methyl/N-ethyl adjacent to an activating group) is 1. The van der Waals surface area contributed by atoms with Gasteiger partial charge in [-0.2, -0.15) is 0 Å². The topological polar surface area (TPSA) is 86.8 Å². The van der Waals surface area contributed by atoms with Gasteiger partial charge in [0.2, 0.25) is 21.8 Å². The van der Waals surface area contributed by atoms with Gasteiger partial charge in [-0.25, -0.2) is 8.42 Å². The molecular formula is C22H27Cl2N3O4S. The molecule has 0 saturated carbocycles. The Kier molecular flexibility index (Phi) is 8.56. The quantitative estimate of drug-likeness (QED) is 0.601. The molecule has 0 aromatic heterocycles. The Hall–Kier alpha value is -2.29. The minimum Gasteiger partial charge on any atom is -0.357 e. The molecule has 0 aliphatic carbocycles. The van der Waals surface area contributed by atoms with Crippen LogP contribution in [0.25, 0.3) is 0 Å². The molecule has 1 N–H and O–H groups in total. The maximum atomic E-state index is 13.4. The van der Waals surface area contributed by atoms with Gasteiger partial charge in [-0.15, -0.1) is 0 Å². The van der Waals surface area contributed by atoms with E-state index in [0.29, 0.717) is 21.3 Å². The van der Waals surface area contributed by atoms with Crippen LogP contribution in [0.2, 0.25) is 10.0 Å². The van der Waals surface area contributed by atoms with E-state index in [1.807, 2.05) is 13.0 Å². The molecule has 2 rings (SSSR count). The molecule has 0 radical (unpaired) electrons. The summed E-state index contributed by atoms with van der Waals surface area (Å²) >= 11 is 12.6. The van der Waals surface area contributed by atoms with Crippen molar-refractivity contribution < 1.29 is 18.0 Å². The molecule has 0 heterocycles. The number of aryl methyl sites for hydroxylation is 1. The summed E-state index contributed by atoms with van der Waals surface area (Å²) in [7, 11) is -2.33. The number of hydrogen-bond donors (Lipinski definition) is 1. The summed E-state index contributed by atoms with van der Waals surface area (Å²) in [6.07, 6.45) is 1.04. The maximum absolute atomic E-state index is 13.4. The number of anilines is 1. The van der Waals surface area contributed by atoms with Crippen molar-refractivity contribution in [3.8, 4) is 0 Å². The van der Waals surface area contributed by atoms with E-state index in [4.69, 9.17) is 23.2 Å². The smallest absolute Gasteiger partial charge is 0.244 e. The van der Waals surface area contributed by atoms with E-state index in [-0.39, 0.29) is 6.54 Å². The van der Waals surface area contributed by atoms with Crippen LogP contribution < -0.4 is 9.62 Å². The van der Waals surface area contributed by atoms with Crippen LogP contribution in [-0.4, -0.2) is 51.0 Å². The van der Waals surface area contributed by atoms with E-state index < -0.39 is 34.4 Å². The molecule has 0 bridgehead atoms. The van der Waals surface area contributed by atoms with Gasteiger partial charge in [-0.1, -0.05) is 41.4 Å². The summed E-state index contributed by atoms with van der Waals surface area (Å²) in [6.45, 7) is 4.68. The SMILES string of the molecule is CNC(=O)[C@@H](C)N(Cc1c(Cl)cccc1Cl)C(=O)CN(c1cccc(C)c1C)S(C)(=O)=O. The van der Waals surface area contributed by atoms with Gasteiger partial charge in [0, 0.05) is 29.2 Å². The van der Waals surface area contributed by atoms with E-state index in [9.17, 15) is 18.0 Å². The van der Waals surface area contributed by atoms with Crippen molar-refractivity contribution >= 4 is 50.7 Å². The number of benzene rings is 2. The standard InChI is InChI=1S/C22H27Cl2N3O4S/c1-14-8-6-11-20(15(14)2)27(32(5,30)31)13-21(28)26(16(3)22(29)25-4)12-17-18(23)9-7-10-19(17)24/h6-11,16H,12-13H2,1-5H3,(H,25,29)/t16-/m1/s1. The van der Waals surface area contributed by atoms with Crippen LogP contribution in [0.4, 0.5) is 5.69 Å².